The molecule has 1 saturated carbocycles. The van der Waals surface area contributed by atoms with Gasteiger partial charge in [-0.2, -0.15) is 0 Å². The van der Waals surface area contributed by atoms with Gasteiger partial charge in [-0.3, -0.25) is 25.2 Å². The first-order valence-electron chi connectivity index (χ1n) is 14.2. The molecule has 0 bridgehead atoms. The van der Waals surface area contributed by atoms with Crippen LogP contribution in [0.5, 0.6) is 0 Å². The molecule has 31 heavy (non-hydrogen) atoms. The van der Waals surface area contributed by atoms with Crippen molar-refractivity contribution < 1.29 is 25.6 Å². The summed E-state index contributed by atoms with van der Waals surface area (Å²) < 4.78 is 65.7. The molecular formula is C21H32N6O4. The zero-order valence-electron chi connectivity index (χ0n) is 25.1. The second-order valence-corrected chi connectivity index (χ2v) is 7.44. The van der Waals surface area contributed by atoms with E-state index in [0.717, 1.165) is 32.1 Å². The zero-order chi connectivity index (χ0) is 29.2. The van der Waals surface area contributed by atoms with E-state index in [2.05, 4.69) is 5.32 Å². The molecular weight excluding hydrogens is 400 g/mol. The van der Waals surface area contributed by atoms with E-state index in [0.29, 0.717) is 10.6 Å². The summed E-state index contributed by atoms with van der Waals surface area (Å²) in [6.07, 6.45) is 1.36. The highest BCUT2D eigenvalue weighted by atomic mass is 16.6. The molecule has 1 heterocycles. The van der Waals surface area contributed by atoms with Gasteiger partial charge >= 0.3 is 6.03 Å². The van der Waals surface area contributed by atoms with Crippen molar-refractivity contribution in [3.63, 3.8) is 0 Å². The SMILES string of the molecule is [2H]N(C(=O)NCC1CCCCC1)N([2H])C(=O)C([2H])([2H])C([2H])([2H])N1CCN(c2cccc([N+](=O)[O-])c2)CC1([2H])[2H]. The molecule has 1 aliphatic heterocycles. The van der Waals surface area contributed by atoms with E-state index >= 15 is 0 Å². The van der Waals surface area contributed by atoms with Crippen molar-refractivity contribution in [1.82, 2.24) is 21.1 Å². The number of hydrazine groups is 1. The number of hydrogen-bond acceptors (Lipinski definition) is 6. The van der Waals surface area contributed by atoms with E-state index in [1.807, 2.05) is 0 Å². The average molecular weight is 441 g/mol. The molecule has 3 rings (SSSR count). The van der Waals surface area contributed by atoms with Gasteiger partial charge in [0.05, 0.1) is 4.92 Å². The minimum Gasteiger partial charge on any atom is -0.369 e. The predicted molar refractivity (Wildman–Crippen MR) is 118 cm³/mol. The predicted octanol–water partition coefficient (Wildman–Crippen LogP) is 2.02. The Kier molecular flexibility index (Phi) is 5.28. The van der Waals surface area contributed by atoms with Crippen molar-refractivity contribution in [3.05, 3.63) is 34.4 Å². The first-order chi connectivity index (χ1) is 18.1. The number of nitro groups is 1. The number of carbonyl (C=O) groups is 2. The lowest BCUT2D eigenvalue weighted by atomic mass is 9.89. The normalized spacial score (nSPS) is 24.1. The van der Waals surface area contributed by atoms with Crippen LogP contribution in [-0.2, 0) is 4.79 Å². The van der Waals surface area contributed by atoms with Crippen LogP contribution in [0.4, 0.5) is 16.2 Å². The highest BCUT2D eigenvalue weighted by Crippen LogP contribution is 2.23. The zero-order valence-corrected chi connectivity index (χ0v) is 17.1. The number of anilines is 1. The fourth-order valence-corrected chi connectivity index (χ4v) is 3.56. The number of benzene rings is 1. The van der Waals surface area contributed by atoms with E-state index in [4.69, 9.17) is 11.0 Å². The molecule has 1 aromatic rings. The number of urea groups is 1. The van der Waals surface area contributed by atoms with Crippen LogP contribution in [0.2, 0.25) is 2.82 Å². The number of non-ortho nitro benzene ring substituents is 1. The van der Waals surface area contributed by atoms with Crippen molar-refractivity contribution in [1.29, 1.82) is 0 Å². The van der Waals surface area contributed by atoms with Crippen LogP contribution in [0.1, 0.15) is 46.7 Å². The molecule has 3 N–H and O–H groups in total. The highest BCUT2D eigenvalue weighted by molar-refractivity contribution is 5.81. The quantitative estimate of drug-likeness (QED) is 0.441. The lowest BCUT2D eigenvalue weighted by molar-refractivity contribution is -0.384. The van der Waals surface area contributed by atoms with Crippen LogP contribution in [0.15, 0.2) is 24.3 Å². The van der Waals surface area contributed by atoms with Crippen molar-refractivity contribution in [3.8, 4) is 0 Å². The molecule has 10 heteroatoms. The maximum atomic E-state index is 12.9. The van der Waals surface area contributed by atoms with Crippen molar-refractivity contribution in [2.24, 2.45) is 5.92 Å². The minimum atomic E-state index is -3.54. The standard InChI is InChI=1S/C21H32N6O4/c28-20(23-24-21(29)22-16-17-5-2-1-3-6-17)9-10-25-11-13-26(14-12-25)18-7-4-8-19(15-18)27(30)31/h4,7-8,15,17H,1-3,5-6,9-14,16H2,(H,23,28)(H2,22,24,29)/i9D2,10D2,11D2/hD2. The van der Waals surface area contributed by atoms with Crippen molar-refractivity contribution in [2.75, 3.05) is 44.1 Å². The maximum Gasteiger partial charge on any atom is 0.333 e. The molecule has 0 unspecified atom stereocenters. The number of piperazine rings is 1. The number of hydrogen-bond donors (Lipinski definition) is 3. The highest BCUT2D eigenvalue weighted by Gasteiger charge is 2.19. The first kappa shape index (κ1) is 14.2. The monoisotopic (exact) mass is 440 g/mol. The van der Waals surface area contributed by atoms with E-state index in [9.17, 15) is 19.7 Å². The Morgan fingerprint density at radius 1 is 1.23 bits per heavy atom. The van der Waals surface area contributed by atoms with Crippen molar-refractivity contribution >= 4 is 23.3 Å². The Bertz CT molecular complexity index is 1070. The Labute approximate surface area is 193 Å². The van der Waals surface area contributed by atoms with E-state index in [-0.39, 0.29) is 35.5 Å². The van der Waals surface area contributed by atoms with Crippen molar-refractivity contribution in [2.45, 2.75) is 38.5 Å². The summed E-state index contributed by atoms with van der Waals surface area (Å²) in [6.45, 7) is -6.61. The van der Waals surface area contributed by atoms with E-state index in [1.54, 1.807) is 0 Å². The van der Waals surface area contributed by atoms with Gasteiger partial charge in [-0.15, -0.1) is 0 Å². The lowest BCUT2D eigenvalue weighted by Gasteiger charge is -2.35. The second-order valence-electron chi connectivity index (χ2n) is 7.44. The summed E-state index contributed by atoms with van der Waals surface area (Å²) in [5, 5.41) is 13.5. The summed E-state index contributed by atoms with van der Waals surface area (Å²) in [7, 11) is 0. The molecule has 2 fully saturated rings. The Hall–Kier alpha value is -2.88. The largest absolute Gasteiger partial charge is 0.369 e. The topological polar surface area (TPSA) is 120 Å². The minimum absolute atomic E-state index is 0.0524. The number of nitrogens with zero attached hydrogens (tertiary/aromatic N) is 3. The number of nitro benzene ring substituents is 1. The van der Waals surface area contributed by atoms with Gasteiger partial charge in [-0.05, 0) is 24.8 Å². The molecule has 1 aromatic carbocycles. The summed E-state index contributed by atoms with van der Waals surface area (Å²) in [5.74, 6) is -1.68. The summed E-state index contributed by atoms with van der Waals surface area (Å²) in [5.41, 5.74) is -0.489. The van der Waals surface area contributed by atoms with Crippen LogP contribution in [-0.4, -0.2) is 60.9 Å². The molecule has 170 valence electrons. The second kappa shape index (κ2) is 11.5. The third-order valence-corrected chi connectivity index (χ3v) is 5.25. The van der Waals surface area contributed by atoms with Gasteiger partial charge in [-0.25, -0.2) is 10.2 Å². The Balaban J connectivity index is 1.70. The van der Waals surface area contributed by atoms with Crippen LogP contribution in [0.25, 0.3) is 0 Å². The van der Waals surface area contributed by atoms with Gasteiger partial charge in [0.1, 0.15) is 0 Å². The van der Waals surface area contributed by atoms with Crippen LogP contribution < -0.4 is 21.1 Å². The molecule has 0 atom stereocenters. The molecule has 3 amide bonds. The number of amides is 3. The van der Waals surface area contributed by atoms with Gasteiger partial charge in [-0.1, -0.05) is 25.3 Å². The number of nitrogens with one attached hydrogen (secondary N) is 3. The first-order valence-corrected chi connectivity index (χ1v) is 10.3. The average Bonchev–Trinajstić information content (AvgIpc) is 2.90. The summed E-state index contributed by atoms with van der Waals surface area (Å²) in [6, 6.07) is 4.30. The molecule has 0 radical (unpaired) electrons. The van der Waals surface area contributed by atoms with Gasteiger partial charge in [0.2, 0.25) is 5.91 Å². The fourth-order valence-electron chi connectivity index (χ4n) is 3.56. The molecule has 1 aliphatic carbocycles. The molecule has 1 saturated heterocycles. The van der Waals surface area contributed by atoms with E-state index < -0.39 is 49.3 Å². The third-order valence-electron chi connectivity index (χ3n) is 5.25. The molecule has 0 spiro atoms. The Morgan fingerprint density at radius 3 is 2.77 bits per heavy atom. The number of rotatable bonds is 7. The number of carbonyl (C=O) groups excluding carboxylic acids is 2. The van der Waals surface area contributed by atoms with Gasteiger partial charge in [0.15, 0.2) is 2.82 Å². The lowest BCUT2D eigenvalue weighted by Crippen LogP contribution is -2.50. The van der Waals surface area contributed by atoms with Gasteiger partial charge in [0, 0.05) is 71.6 Å². The summed E-state index contributed by atoms with van der Waals surface area (Å²) >= 11 is 0. The third kappa shape index (κ3) is 7.39. The van der Waals surface area contributed by atoms with E-state index in [1.165, 1.54) is 29.2 Å². The van der Waals surface area contributed by atoms with Gasteiger partial charge < -0.3 is 10.2 Å². The molecule has 0 aromatic heterocycles. The Morgan fingerprint density at radius 2 is 2.03 bits per heavy atom. The smallest absolute Gasteiger partial charge is 0.333 e. The van der Waals surface area contributed by atoms with Crippen LogP contribution >= 0.6 is 0 Å². The maximum absolute atomic E-state index is 12.9. The summed E-state index contributed by atoms with van der Waals surface area (Å²) in [4.78, 5) is 37.6. The van der Waals surface area contributed by atoms with Crippen LogP contribution in [0, 0.1) is 16.0 Å². The fraction of sp³-hybridized carbons (Fsp3) is 0.619. The molecule has 2 aliphatic rings. The molecule has 10 nitrogen and oxygen atoms in total. The van der Waals surface area contributed by atoms with Crippen LogP contribution in [0.3, 0.4) is 0 Å². The van der Waals surface area contributed by atoms with Gasteiger partial charge in [0.25, 0.3) is 5.69 Å².